The number of anilines is 1. The lowest BCUT2D eigenvalue weighted by atomic mass is 9.88. The minimum atomic E-state index is -1.15. The molecule has 0 radical (unpaired) electrons. The molecule has 1 saturated heterocycles. The van der Waals surface area contributed by atoms with Crippen molar-refractivity contribution in [3.05, 3.63) is 83.4 Å². The number of aromatic hydroxyl groups is 1. The van der Waals surface area contributed by atoms with Gasteiger partial charge in [0.05, 0.1) is 23.4 Å². The largest absolute Gasteiger partial charge is 0.507 e. The first-order chi connectivity index (χ1) is 16.5. The van der Waals surface area contributed by atoms with E-state index in [0.29, 0.717) is 6.54 Å². The zero-order chi connectivity index (χ0) is 24.1. The second-order valence-electron chi connectivity index (χ2n) is 8.50. The molecule has 1 amide bonds. The van der Waals surface area contributed by atoms with Crippen LogP contribution in [0.3, 0.4) is 0 Å². The molecule has 0 spiro atoms. The molecule has 0 bridgehead atoms. The molecule has 3 aromatic rings. The van der Waals surface area contributed by atoms with Crippen molar-refractivity contribution in [2.75, 3.05) is 31.6 Å². The zero-order valence-corrected chi connectivity index (χ0v) is 18.8. The molecular formula is C27H28N2O5. The summed E-state index contributed by atoms with van der Waals surface area (Å²) in [7, 11) is 0. The highest BCUT2D eigenvalue weighted by Crippen LogP contribution is 2.32. The number of phenolic OH excluding ortho intramolecular Hbond substituents is 1. The highest BCUT2D eigenvalue weighted by atomic mass is 16.4. The van der Waals surface area contributed by atoms with Crippen molar-refractivity contribution in [3.8, 4) is 16.9 Å². The van der Waals surface area contributed by atoms with Crippen LogP contribution in [0.1, 0.15) is 45.0 Å². The fraction of sp³-hybridized carbons (Fsp3) is 0.259. The van der Waals surface area contributed by atoms with Gasteiger partial charge in [0.2, 0.25) is 0 Å². The molecule has 1 fully saturated rings. The van der Waals surface area contributed by atoms with E-state index in [4.69, 9.17) is 5.11 Å². The first kappa shape index (κ1) is 23.5. The number of likely N-dealkylation sites (tertiary alicyclic amines) is 1. The van der Waals surface area contributed by atoms with Crippen LogP contribution < -0.4 is 5.32 Å². The summed E-state index contributed by atoms with van der Waals surface area (Å²) >= 11 is 0. The van der Waals surface area contributed by atoms with Gasteiger partial charge in [0, 0.05) is 6.54 Å². The fourth-order valence-corrected chi connectivity index (χ4v) is 4.45. The van der Waals surface area contributed by atoms with Crippen LogP contribution in [0.2, 0.25) is 0 Å². The Hall–Kier alpha value is -3.68. The Kier molecular flexibility index (Phi) is 7.25. The average Bonchev–Trinajstić information content (AvgIpc) is 2.85. The summed E-state index contributed by atoms with van der Waals surface area (Å²) in [5, 5.41) is 31.8. The van der Waals surface area contributed by atoms with E-state index in [2.05, 4.69) is 10.2 Å². The molecule has 4 N–H and O–H groups in total. The highest BCUT2D eigenvalue weighted by molar-refractivity contribution is 6.09. The van der Waals surface area contributed by atoms with Gasteiger partial charge in [0.1, 0.15) is 5.75 Å². The Bertz CT molecular complexity index is 1170. The van der Waals surface area contributed by atoms with Crippen molar-refractivity contribution in [2.24, 2.45) is 0 Å². The van der Waals surface area contributed by atoms with Crippen LogP contribution in [-0.2, 0) is 0 Å². The molecule has 3 aromatic carbocycles. The van der Waals surface area contributed by atoms with Gasteiger partial charge in [-0.3, -0.25) is 4.79 Å². The number of piperidine rings is 1. The van der Waals surface area contributed by atoms with Gasteiger partial charge in [-0.2, -0.15) is 0 Å². The number of benzene rings is 3. The lowest BCUT2D eigenvalue weighted by molar-refractivity contribution is 0.0698. The first-order valence-electron chi connectivity index (χ1n) is 11.4. The van der Waals surface area contributed by atoms with Crippen molar-refractivity contribution >= 4 is 17.6 Å². The van der Waals surface area contributed by atoms with Crippen LogP contribution >= 0.6 is 0 Å². The van der Waals surface area contributed by atoms with E-state index in [0.717, 1.165) is 42.6 Å². The van der Waals surface area contributed by atoms with Crippen LogP contribution in [0.15, 0.2) is 66.7 Å². The molecule has 0 unspecified atom stereocenters. The molecule has 0 aromatic heterocycles. The number of nitrogens with one attached hydrogen (secondary N) is 1. The normalized spacial score (nSPS) is 14.6. The van der Waals surface area contributed by atoms with E-state index in [1.165, 1.54) is 12.1 Å². The molecule has 1 aliphatic heterocycles. The summed E-state index contributed by atoms with van der Waals surface area (Å²) in [6.45, 7) is 2.52. The third-order valence-corrected chi connectivity index (χ3v) is 6.35. The molecule has 0 saturated carbocycles. The van der Waals surface area contributed by atoms with E-state index >= 15 is 0 Å². The van der Waals surface area contributed by atoms with E-state index < -0.39 is 11.9 Å². The number of carbonyl (C=O) groups excluding carboxylic acids is 1. The van der Waals surface area contributed by atoms with Crippen LogP contribution in [0.4, 0.5) is 5.69 Å². The minimum Gasteiger partial charge on any atom is -0.507 e. The SMILES string of the molecule is O=C(Nc1cc(-c2ccccc2)ccc1C(=O)O)c1cc(C2CCN(CCO)CC2)ccc1O. The molecule has 1 heterocycles. The minimum absolute atomic E-state index is 0.0278. The van der Waals surface area contributed by atoms with Crippen LogP contribution in [0.5, 0.6) is 5.75 Å². The number of amides is 1. The van der Waals surface area contributed by atoms with Gasteiger partial charge in [0.25, 0.3) is 5.91 Å². The monoisotopic (exact) mass is 460 g/mol. The van der Waals surface area contributed by atoms with Gasteiger partial charge in [-0.05, 0) is 72.8 Å². The summed E-state index contributed by atoms with van der Waals surface area (Å²) in [5.74, 6) is -1.62. The summed E-state index contributed by atoms with van der Waals surface area (Å²) in [4.78, 5) is 27.1. The maximum atomic E-state index is 13.1. The number of nitrogens with zero attached hydrogens (tertiary/aromatic N) is 1. The number of phenols is 1. The third-order valence-electron chi connectivity index (χ3n) is 6.35. The quantitative estimate of drug-likeness (QED) is 0.421. The second kappa shape index (κ2) is 10.5. The lowest BCUT2D eigenvalue weighted by Crippen LogP contribution is -2.35. The number of hydrogen-bond donors (Lipinski definition) is 4. The molecule has 7 heteroatoms. The molecule has 4 rings (SSSR count). The Morgan fingerprint density at radius 3 is 2.32 bits per heavy atom. The maximum Gasteiger partial charge on any atom is 0.337 e. The van der Waals surface area contributed by atoms with Crippen LogP contribution in [-0.4, -0.2) is 58.3 Å². The molecule has 34 heavy (non-hydrogen) atoms. The molecular weight excluding hydrogens is 432 g/mol. The number of hydrogen-bond acceptors (Lipinski definition) is 5. The van der Waals surface area contributed by atoms with Crippen molar-refractivity contribution in [2.45, 2.75) is 18.8 Å². The van der Waals surface area contributed by atoms with Crippen LogP contribution in [0, 0.1) is 0 Å². The number of carboxylic acid groups (broad SMARTS) is 1. The summed E-state index contributed by atoms with van der Waals surface area (Å²) in [6, 6.07) is 19.3. The first-order valence-corrected chi connectivity index (χ1v) is 11.4. The predicted octanol–water partition coefficient (Wildman–Crippen LogP) is 4.18. The summed E-state index contributed by atoms with van der Waals surface area (Å²) in [5.41, 5.74) is 2.88. The van der Waals surface area contributed by atoms with Crippen molar-refractivity contribution in [3.63, 3.8) is 0 Å². The van der Waals surface area contributed by atoms with E-state index in [-0.39, 0.29) is 35.1 Å². The zero-order valence-electron chi connectivity index (χ0n) is 18.8. The standard InChI is InChI=1S/C27H28N2O5/c30-15-14-29-12-10-19(11-13-29)20-7-9-25(31)23(16-20)26(32)28-24-17-21(6-8-22(24)27(33)34)18-4-2-1-3-5-18/h1-9,16-17,19,30-31H,10-15H2,(H,28,32)(H,33,34). The van der Waals surface area contributed by atoms with E-state index in [1.807, 2.05) is 36.4 Å². The molecule has 1 aliphatic rings. The predicted molar refractivity (Wildman–Crippen MR) is 130 cm³/mol. The molecule has 7 nitrogen and oxygen atoms in total. The van der Waals surface area contributed by atoms with Crippen LogP contribution in [0.25, 0.3) is 11.1 Å². The average molecular weight is 461 g/mol. The fourth-order valence-electron chi connectivity index (χ4n) is 4.45. The Morgan fingerprint density at radius 1 is 0.912 bits per heavy atom. The maximum absolute atomic E-state index is 13.1. The van der Waals surface area contributed by atoms with Crippen molar-refractivity contribution < 1.29 is 24.9 Å². The molecule has 176 valence electrons. The van der Waals surface area contributed by atoms with Gasteiger partial charge in [-0.1, -0.05) is 42.5 Å². The summed E-state index contributed by atoms with van der Waals surface area (Å²) in [6.07, 6.45) is 1.79. The van der Waals surface area contributed by atoms with Gasteiger partial charge in [0.15, 0.2) is 0 Å². The number of carbonyl (C=O) groups is 2. The molecule has 0 atom stereocenters. The number of carboxylic acids is 1. The van der Waals surface area contributed by atoms with Gasteiger partial charge < -0.3 is 25.5 Å². The second-order valence-corrected chi connectivity index (χ2v) is 8.50. The highest BCUT2D eigenvalue weighted by Gasteiger charge is 2.23. The Morgan fingerprint density at radius 2 is 1.65 bits per heavy atom. The number of rotatable bonds is 7. The number of aromatic carboxylic acids is 1. The lowest BCUT2D eigenvalue weighted by Gasteiger charge is -2.31. The smallest absolute Gasteiger partial charge is 0.337 e. The van der Waals surface area contributed by atoms with Gasteiger partial charge >= 0.3 is 5.97 Å². The van der Waals surface area contributed by atoms with Crippen molar-refractivity contribution in [1.29, 1.82) is 0 Å². The number of aliphatic hydroxyl groups is 1. The summed E-state index contributed by atoms with van der Waals surface area (Å²) < 4.78 is 0. The number of β-amino-alcohol motifs (C(OH)–C–C–N with tert-alkyl or cyclic N) is 1. The van der Waals surface area contributed by atoms with Gasteiger partial charge in [-0.15, -0.1) is 0 Å². The van der Waals surface area contributed by atoms with E-state index in [1.54, 1.807) is 18.2 Å². The number of aliphatic hydroxyl groups excluding tert-OH is 1. The molecule has 0 aliphatic carbocycles. The van der Waals surface area contributed by atoms with Gasteiger partial charge in [-0.25, -0.2) is 4.79 Å². The Balaban J connectivity index is 1.58. The third kappa shape index (κ3) is 5.27. The topological polar surface area (TPSA) is 110 Å². The Labute approximate surface area is 198 Å². The van der Waals surface area contributed by atoms with Crippen molar-refractivity contribution in [1.82, 2.24) is 4.90 Å². The van der Waals surface area contributed by atoms with E-state index in [9.17, 15) is 19.8 Å².